The Labute approximate surface area is 127 Å². The molecule has 5 nitrogen and oxygen atoms in total. The molecule has 0 aliphatic carbocycles. The van der Waals surface area contributed by atoms with E-state index < -0.39 is 0 Å². The van der Waals surface area contributed by atoms with Gasteiger partial charge < -0.3 is 15.0 Å². The molecule has 1 aliphatic rings. The highest BCUT2D eigenvalue weighted by Crippen LogP contribution is 2.16. The van der Waals surface area contributed by atoms with E-state index in [0.29, 0.717) is 25.4 Å². The zero-order valence-corrected chi connectivity index (χ0v) is 11.9. The molecule has 2 aromatic rings. The number of pyridine rings is 1. The lowest BCUT2D eigenvalue weighted by Gasteiger charge is -2.38. The van der Waals surface area contributed by atoms with E-state index in [4.69, 9.17) is 4.74 Å². The van der Waals surface area contributed by atoms with Gasteiger partial charge in [-0.25, -0.2) is 9.18 Å². The predicted molar refractivity (Wildman–Crippen MR) is 78.9 cm³/mol. The lowest BCUT2D eigenvalue weighted by Crippen LogP contribution is -2.58. The van der Waals surface area contributed by atoms with Crippen LogP contribution in [0.2, 0.25) is 0 Å². The van der Waals surface area contributed by atoms with Crippen molar-refractivity contribution in [1.29, 1.82) is 0 Å². The van der Waals surface area contributed by atoms with Crippen molar-refractivity contribution < 1.29 is 13.9 Å². The highest BCUT2D eigenvalue weighted by Gasteiger charge is 2.32. The van der Waals surface area contributed by atoms with Crippen LogP contribution in [0, 0.1) is 5.82 Å². The zero-order chi connectivity index (χ0) is 15.4. The molecular formula is C16H16FN3O2. The Morgan fingerprint density at radius 2 is 2.09 bits per heavy atom. The minimum Gasteiger partial charge on any atom is -0.485 e. The van der Waals surface area contributed by atoms with Gasteiger partial charge >= 0.3 is 6.03 Å². The molecule has 0 spiro atoms. The first-order valence-corrected chi connectivity index (χ1v) is 7.04. The van der Waals surface area contributed by atoms with Gasteiger partial charge in [0.25, 0.3) is 0 Å². The first-order valence-electron chi connectivity index (χ1n) is 7.04. The number of likely N-dealkylation sites (tertiary alicyclic amines) is 1. The summed E-state index contributed by atoms with van der Waals surface area (Å²) in [7, 11) is 0. The fourth-order valence-corrected chi connectivity index (χ4v) is 2.18. The summed E-state index contributed by atoms with van der Waals surface area (Å²) in [5.74, 6) is 0.423. The van der Waals surface area contributed by atoms with Crippen LogP contribution in [0.1, 0.15) is 5.56 Å². The number of halogens is 1. The second-order valence-corrected chi connectivity index (χ2v) is 5.12. The van der Waals surface area contributed by atoms with Gasteiger partial charge in [-0.1, -0.05) is 12.1 Å². The second-order valence-electron chi connectivity index (χ2n) is 5.12. The molecule has 0 saturated carbocycles. The summed E-state index contributed by atoms with van der Waals surface area (Å²) in [5, 5.41) is 2.80. The molecule has 1 aromatic heterocycles. The molecule has 1 aromatic carbocycles. The maximum absolute atomic E-state index is 12.8. The van der Waals surface area contributed by atoms with Gasteiger partial charge in [-0.15, -0.1) is 0 Å². The summed E-state index contributed by atoms with van der Waals surface area (Å²) in [4.78, 5) is 17.6. The molecule has 3 rings (SSSR count). The van der Waals surface area contributed by atoms with Crippen molar-refractivity contribution in [2.75, 3.05) is 13.1 Å². The van der Waals surface area contributed by atoms with E-state index in [2.05, 4.69) is 10.3 Å². The van der Waals surface area contributed by atoms with Crippen LogP contribution < -0.4 is 10.1 Å². The third kappa shape index (κ3) is 3.52. The minimum absolute atomic E-state index is 0.000714. The Hall–Kier alpha value is -2.63. The lowest BCUT2D eigenvalue weighted by atomic mass is 10.2. The van der Waals surface area contributed by atoms with E-state index in [0.717, 1.165) is 5.56 Å². The van der Waals surface area contributed by atoms with Gasteiger partial charge in [0.05, 0.1) is 19.3 Å². The van der Waals surface area contributed by atoms with Crippen molar-refractivity contribution in [2.24, 2.45) is 0 Å². The van der Waals surface area contributed by atoms with Gasteiger partial charge in [-0.2, -0.15) is 0 Å². The van der Waals surface area contributed by atoms with Gasteiger partial charge in [0.2, 0.25) is 0 Å². The van der Waals surface area contributed by atoms with Gasteiger partial charge in [0, 0.05) is 12.7 Å². The molecule has 22 heavy (non-hydrogen) atoms. The van der Waals surface area contributed by atoms with Crippen LogP contribution in [0.25, 0.3) is 0 Å². The SMILES string of the molecule is O=C(NCc1ccc(F)cc1)N1CC(Oc2cccnc2)C1. The molecule has 0 unspecified atom stereocenters. The van der Waals surface area contributed by atoms with Crippen molar-refractivity contribution in [3.05, 3.63) is 60.2 Å². The number of hydrogen-bond donors (Lipinski definition) is 1. The summed E-state index contributed by atoms with van der Waals surface area (Å²) in [6.45, 7) is 1.47. The summed E-state index contributed by atoms with van der Waals surface area (Å²) < 4.78 is 18.5. The van der Waals surface area contributed by atoms with Crippen LogP contribution in [-0.2, 0) is 6.54 Å². The van der Waals surface area contributed by atoms with Crippen LogP contribution in [0.15, 0.2) is 48.8 Å². The number of hydrogen-bond acceptors (Lipinski definition) is 3. The largest absolute Gasteiger partial charge is 0.485 e. The van der Waals surface area contributed by atoms with Crippen molar-refractivity contribution in [2.45, 2.75) is 12.6 Å². The Balaban J connectivity index is 1.41. The van der Waals surface area contributed by atoms with E-state index >= 15 is 0 Å². The Morgan fingerprint density at radius 1 is 1.32 bits per heavy atom. The molecule has 0 radical (unpaired) electrons. The number of nitrogens with one attached hydrogen (secondary N) is 1. The van der Waals surface area contributed by atoms with E-state index in [1.807, 2.05) is 6.07 Å². The molecule has 1 saturated heterocycles. The fraction of sp³-hybridized carbons (Fsp3) is 0.250. The van der Waals surface area contributed by atoms with Crippen molar-refractivity contribution >= 4 is 6.03 Å². The standard InChI is InChI=1S/C16H16FN3O2/c17-13-5-3-12(4-6-13)8-19-16(21)20-10-15(11-20)22-14-2-1-7-18-9-14/h1-7,9,15H,8,10-11H2,(H,19,21). The number of amides is 2. The summed E-state index contributed by atoms with van der Waals surface area (Å²) in [5.41, 5.74) is 0.860. The summed E-state index contributed by atoms with van der Waals surface area (Å²) in [6.07, 6.45) is 3.33. The highest BCUT2D eigenvalue weighted by atomic mass is 19.1. The van der Waals surface area contributed by atoms with E-state index in [1.165, 1.54) is 12.1 Å². The number of aromatic nitrogens is 1. The first kappa shape index (κ1) is 14.3. The molecule has 1 aliphatic heterocycles. The first-order chi connectivity index (χ1) is 10.7. The molecule has 114 valence electrons. The van der Waals surface area contributed by atoms with Crippen LogP contribution in [0.5, 0.6) is 5.75 Å². The summed E-state index contributed by atoms with van der Waals surface area (Å²) >= 11 is 0. The number of carbonyl (C=O) groups is 1. The average Bonchev–Trinajstić information content (AvgIpc) is 2.50. The number of ether oxygens (including phenoxy) is 1. The van der Waals surface area contributed by atoms with E-state index in [1.54, 1.807) is 35.5 Å². The molecule has 1 fully saturated rings. The summed E-state index contributed by atoms with van der Waals surface area (Å²) in [6, 6.07) is 9.56. The van der Waals surface area contributed by atoms with Crippen LogP contribution in [0.3, 0.4) is 0 Å². The van der Waals surface area contributed by atoms with Crippen molar-refractivity contribution in [3.8, 4) is 5.75 Å². The Kier molecular flexibility index (Phi) is 4.18. The second kappa shape index (κ2) is 6.43. The molecule has 2 amide bonds. The average molecular weight is 301 g/mol. The van der Waals surface area contributed by atoms with Gasteiger partial charge in [-0.05, 0) is 29.8 Å². The smallest absolute Gasteiger partial charge is 0.317 e. The maximum Gasteiger partial charge on any atom is 0.317 e. The quantitative estimate of drug-likeness (QED) is 0.942. The van der Waals surface area contributed by atoms with E-state index in [9.17, 15) is 9.18 Å². The molecule has 6 heteroatoms. The third-order valence-electron chi connectivity index (χ3n) is 3.43. The molecule has 1 N–H and O–H groups in total. The lowest BCUT2D eigenvalue weighted by molar-refractivity contribution is 0.0441. The maximum atomic E-state index is 12.8. The minimum atomic E-state index is -0.284. The van der Waals surface area contributed by atoms with E-state index in [-0.39, 0.29) is 18.0 Å². The van der Waals surface area contributed by atoms with Crippen molar-refractivity contribution in [3.63, 3.8) is 0 Å². The highest BCUT2D eigenvalue weighted by molar-refractivity contribution is 5.75. The van der Waals surface area contributed by atoms with Gasteiger partial charge in [-0.3, -0.25) is 4.98 Å². The van der Waals surface area contributed by atoms with Gasteiger partial charge in [0.15, 0.2) is 0 Å². The molecule has 2 heterocycles. The predicted octanol–water partition coefficient (Wildman–Crippen LogP) is 2.19. The Morgan fingerprint density at radius 3 is 2.77 bits per heavy atom. The number of rotatable bonds is 4. The number of benzene rings is 1. The third-order valence-corrected chi connectivity index (χ3v) is 3.43. The monoisotopic (exact) mass is 301 g/mol. The number of urea groups is 1. The van der Waals surface area contributed by atoms with Crippen molar-refractivity contribution in [1.82, 2.24) is 15.2 Å². The Bertz CT molecular complexity index is 628. The van der Waals surface area contributed by atoms with Crippen LogP contribution in [0.4, 0.5) is 9.18 Å². The number of nitrogens with zero attached hydrogens (tertiary/aromatic N) is 2. The topological polar surface area (TPSA) is 54.5 Å². The molecule has 0 atom stereocenters. The molecule has 0 bridgehead atoms. The zero-order valence-electron chi connectivity index (χ0n) is 11.9. The fourth-order valence-electron chi connectivity index (χ4n) is 2.18. The number of carbonyl (C=O) groups excluding carboxylic acids is 1. The van der Waals surface area contributed by atoms with Gasteiger partial charge in [0.1, 0.15) is 17.7 Å². The normalized spacial score (nSPS) is 14.3. The van der Waals surface area contributed by atoms with Crippen LogP contribution >= 0.6 is 0 Å². The van der Waals surface area contributed by atoms with Crippen LogP contribution in [-0.4, -0.2) is 35.1 Å². The molecular weight excluding hydrogens is 285 g/mol.